The number of fused-ring (bicyclic) bond motifs is 1. The summed E-state index contributed by atoms with van der Waals surface area (Å²) in [6.07, 6.45) is 0. The molecule has 0 unspecified atom stereocenters. The van der Waals surface area contributed by atoms with Gasteiger partial charge in [0.1, 0.15) is 5.82 Å². The molecule has 0 radical (unpaired) electrons. The van der Waals surface area contributed by atoms with Crippen molar-refractivity contribution in [3.63, 3.8) is 0 Å². The molecule has 1 aromatic rings. The number of anilines is 1. The highest BCUT2D eigenvalue weighted by atomic mass is 32.2. The van der Waals surface area contributed by atoms with Gasteiger partial charge >= 0.3 is 0 Å². The van der Waals surface area contributed by atoms with E-state index in [1.165, 1.54) is 6.07 Å². The van der Waals surface area contributed by atoms with Crippen LogP contribution in [-0.4, -0.2) is 11.3 Å². The van der Waals surface area contributed by atoms with Gasteiger partial charge < -0.3 is 5.32 Å². The molecular weight excluding hydrogens is 185 g/mol. The maximum atomic E-state index is 13.3. The zero-order chi connectivity index (χ0) is 9.47. The Labute approximate surface area is 81.7 Å². The molecule has 70 valence electrons. The lowest BCUT2D eigenvalue weighted by Gasteiger charge is -2.33. The molecule has 0 atom stereocenters. The summed E-state index contributed by atoms with van der Waals surface area (Å²) in [5.41, 5.74) is 0.979. The van der Waals surface area contributed by atoms with E-state index in [4.69, 9.17) is 0 Å². The molecule has 1 aliphatic heterocycles. The summed E-state index contributed by atoms with van der Waals surface area (Å²) in [6, 6.07) is 5.17. The van der Waals surface area contributed by atoms with Crippen LogP contribution >= 0.6 is 11.8 Å². The number of rotatable bonds is 0. The Balaban J connectivity index is 2.42. The highest BCUT2D eigenvalue weighted by molar-refractivity contribution is 7.99. The predicted molar refractivity (Wildman–Crippen MR) is 54.8 cm³/mol. The van der Waals surface area contributed by atoms with Crippen LogP contribution in [0.25, 0.3) is 0 Å². The van der Waals surface area contributed by atoms with Gasteiger partial charge in [0.05, 0.1) is 10.6 Å². The van der Waals surface area contributed by atoms with Gasteiger partial charge in [-0.25, -0.2) is 4.39 Å². The molecule has 0 saturated heterocycles. The van der Waals surface area contributed by atoms with Gasteiger partial charge in [0.15, 0.2) is 0 Å². The Morgan fingerprint density at radius 2 is 2.23 bits per heavy atom. The quantitative estimate of drug-likeness (QED) is 0.685. The molecule has 0 fully saturated rings. The third-order valence-electron chi connectivity index (χ3n) is 2.02. The molecule has 13 heavy (non-hydrogen) atoms. The Hall–Kier alpha value is -0.700. The van der Waals surface area contributed by atoms with E-state index in [0.29, 0.717) is 0 Å². The summed E-state index contributed by atoms with van der Waals surface area (Å²) in [6.45, 7) is 4.24. The van der Waals surface area contributed by atoms with Crippen LogP contribution in [0.5, 0.6) is 0 Å². The zero-order valence-corrected chi connectivity index (χ0v) is 8.54. The predicted octanol–water partition coefficient (Wildman–Crippen LogP) is 3.12. The van der Waals surface area contributed by atoms with Crippen LogP contribution in [0.1, 0.15) is 13.8 Å². The van der Waals surface area contributed by atoms with Crippen molar-refractivity contribution in [2.45, 2.75) is 24.3 Å². The van der Waals surface area contributed by atoms with Crippen LogP contribution in [0, 0.1) is 5.82 Å². The van der Waals surface area contributed by atoms with Crippen LogP contribution in [0.4, 0.5) is 10.1 Å². The number of thioether (sulfide) groups is 1. The molecule has 0 saturated carbocycles. The number of halogens is 1. The molecule has 1 nitrogen and oxygen atoms in total. The van der Waals surface area contributed by atoms with Crippen molar-refractivity contribution in [2.75, 3.05) is 11.1 Å². The van der Waals surface area contributed by atoms with Gasteiger partial charge in [-0.05, 0) is 26.0 Å². The third-order valence-corrected chi connectivity index (χ3v) is 3.59. The zero-order valence-electron chi connectivity index (χ0n) is 7.73. The molecule has 0 amide bonds. The van der Waals surface area contributed by atoms with Gasteiger partial charge in [0, 0.05) is 11.3 Å². The lowest BCUT2D eigenvalue weighted by Crippen LogP contribution is -2.36. The fraction of sp³-hybridized carbons (Fsp3) is 0.400. The highest BCUT2D eigenvalue weighted by Crippen LogP contribution is 2.38. The molecule has 0 spiro atoms. The van der Waals surface area contributed by atoms with Crippen molar-refractivity contribution >= 4 is 17.4 Å². The summed E-state index contributed by atoms with van der Waals surface area (Å²) in [5.74, 6) is 0.784. The molecular formula is C10H12FNS. The van der Waals surface area contributed by atoms with E-state index in [1.54, 1.807) is 17.8 Å². The smallest absolute Gasteiger partial charge is 0.138 e. The first-order chi connectivity index (χ1) is 6.08. The maximum absolute atomic E-state index is 13.3. The molecule has 1 aliphatic rings. The van der Waals surface area contributed by atoms with E-state index in [0.717, 1.165) is 16.3 Å². The third kappa shape index (κ3) is 1.66. The maximum Gasteiger partial charge on any atom is 0.138 e. The fourth-order valence-corrected chi connectivity index (χ4v) is 2.47. The number of hydrogen-bond acceptors (Lipinski definition) is 2. The van der Waals surface area contributed by atoms with Crippen molar-refractivity contribution in [2.24, 2.45) is 0 Å². The minimum atomic E-state index is -0.120. The van der Waals surface area contributed by atoms with Crippen LogP contribution in [0.15, 0.2) is 23.1 Å². The van der Waals surface area contributed by atoms with Gasteiger partial charge in [0.2, 0.25) is 0 Å². The lowest BCUT2D eigenvalue weighted by molar-refractivity contribution is 0.588. The van der Waals surface area contributed by atoms with E-state index >= 15 is 0 Å². The van der Waals surface area contributed by atoms with Gasteiger partial charge in [-0.3, -0.25) is 0 Å². The average molecular weight is 197 g/mol. The molecule has 0 aliphatic carbocycles. The molecule has 3 heteroatoms. The average Bonchev–Trinajstić information content (AvgIpc) is 2.02. The van der Waals surface area contributed by atoms with Crippen molar-refractivity contribution in [1.82, 2.24) is 0 Å². The Morgan fingerprint density at radius 1 is 1.46 bits per heavy atom. The molecule has 0 bridgehead atoms. The summed E-state index contributed by atoms with van der Waals surface area (Å²) >= 11 is 1.58. The molecule has 0 aromatic heterocycles. The van der Waals surface area contributed by atoms with Crippen molar-refractivity contribution in [1.29, 1.82) is 0 Å². The summed E-state index contributed by atoms with van der Waals surface area (Å²) in [5, 5.41) is 3.32. The topological polar surface area (TPSA) is 12.0 Å². The van der Waals surface area contributed by atoms with Crippen LogP contribution < -0.4 is 5.32 Å². The molecule has 1 N–H and O–H groups in total. The largest absolute Gasteiger partial charge is 0.378 e. The molecule has 2 rings (SSSR count). The first-order valence-corrected chi connectivity index (χ1v) is 5.26. The molecule has 1 aromatic carbocycles. The second kappa shape index (κ2) is 2.91. The van der Waals surface area contributed by atoms with Crippen LogP contribution in [0.2, 0.25) is 0 Å². The van der Waals surface area contributed by atoms with Crippen molar-refractivity contribution < 1.29 is 4.39 Å². The number of benzene rings is 1. The van der Waals surface area contributed by atoms with Crippen molar-refractivity contribution in [3.05, 3.63) is 24.0 Å². The summed E-state index contributed by atoms with van der Waals surface area (Å²) in [4.78, 5) is 0.752. The minimum Gasteiger partial charge on any atom is -0.378 e. The van der Waals surface area contributed by atoms with Gasteiger partial charge in [-0.2, -0.15) is 0 Å². The summed E-state index contributed by atoms with van der Waals surface area (Å²) in [7, 11) is 0. The standard InChI is InChI=1S/C10H12FNS/c1-10(2)6-13-9-7(11)4-3-5-8(9)12-10/h3-5,12H,6H2,1-2H3. The number of nitrogens with one attached hydrogen (secondary N) is 1. The summed E-state index contributed by atoms with van der Waals surface area (Å²) < 4.78 is 13.3. The second-order valence-electron chi connectivity index (χ2n) is 3.91. The second-order valence-corrected chi connectivity index (χ2v) is 4.90. The van der Waals surface area contributed by atoms with E-state index in [1.807, 2.05) is 6.07 Å². The van der Waals surface area contributed by atoms with Crippen molar-refractivity contribution in [3.8, 4) is 0 Å². The van der Waals surface area contributed by atoms with E-state index in [9.17, 15) is 4.39 Å². The van der Waals surface area contributed by atoms with E-state index in [-0.39, 0.29) is 11.4 Å². The minimum absolute atomic E-state index is 0.0610. The SMILES string of the molecule is CC1(C)CSc2c(F)cccc2N1. The normalized spacial score (nSPS) is 19.0. The fourth-order valence-electron chi connectivity index (χ4n) is 1.41. The van der Waals surface area contributed by atoms with Gasteiger partial charge in [-0.15, -0.1) is 11.8 Å². The number of hydrogen-bond donors (Lipinski definition) is 1. The van der Waals surface area contributed by atoms with Crippen LogP contribution in [-0.2, 0) is 0 Å². The van der Waals surface area contributed by atoms with E-state index in [2.05, 4.69) is 19.2 Å². The van der Waals surface area contributed by atoms with E-state index < -0.39 is 0 Å². The van der Waals surface area contributed by atoms with Gasteiger partial charge in [-0.1, -0.05) is 6.07 Å². The van der Waals surface area contributed by atoms with Crippen LogP contribution in [0.3, 0.4) is 0 Å². The Bertz CT molecular complexity index is 336. The lowest BCUT2D eigenvalue weighted by atomic mass is 10.1. The first-order valence-electron chi connectivity index (χ1n) is 4.28. The molecule has 1 heterocycles. The highest BCUT2D eigenvalue weighted by Gasteiger charge is 2.26. The first kappa shape index (κ1) is 8.88. The van der Waals surface area contributed by atoms with Gasteiger partial charge in [0.25, 0.3) is 0 Å². The Morgan fingerprint density at radius 3 is 3.00 bits per heavy atom. The Kier molecular flexibility index (Phi) is 1.99. The monoisotopic (exact) mass is 197 g/mol.